The molecule has 1 heterocycles. The normalized spacial score (nSPS) is 10.4. The molecule has 3 aromatic rings. The minimum Gasteiger partial charge on any atom is -0.494 e. The molecule has 8 nitrogen and oxygen atoms in total. The number of aromatic hydroxyl groups is 1. The summed E-state index contributed by atoms with van der Waals surface area (Å²) in [5, 5.41) is 20.7. The van der Waals surface area contributed by atoms with Crippen LogP contribution in [0.4, 0.5) is 0 Å². The molecule has 1 aromatic heterocycles. The summed E-state index contributed by atoms with van der Waals surface area (Å²) >= 11 is 6.06. The fourth-order valence-corrected chi connectivity index (χ4v) is 3.74. The summed E-state index contributed by atoms with van der Waals surface area (Å²) in [6.45, 7) is 1.04. The van der Waals surface area contributed by atoms with Gasteiger partial charge in [0.15, 0.2) is 18.1 Å². The molecule has 0 aliphatic carbocycles. The molecule has 0 bridgehead atoms. The van der Waals surface area contributed by atoms with Crippen molar-refractivity contribution in [2.75, 3.05) is 20.8 Å². The Morgan fingerprint density at radius 2 is 1.82 bits per heavy atom. The highest BCUT2D eigenvalue weighted by molar-refractivity contribution is 6.32. The highest BCUT2D eigenvalue weighted by Gasteiger charge is 2.24. The number of aromatic nitrogens is 1. The van der Waals surface area contributed by atoms with Crippen molar-refractivity contribution in [1.82, 2.24) is 4.57 Å². The zero-order valence-corrected chi connectivity index (χ0v) is 19.7. The Balaban J connectivity index is 1.92. The zero-order chi connectivity index (χ0) is 24.8. The van der Waals surface area contributed by atoms with Crippen LogP contribution in [-0.4, -0.2) is 36.3 Å². The number of methoxy groups -OCH3 is 2. The first-order valence-corrected chi connectivity index (χ1v) is 10.7. The Morgan fingerprint density at radius 3 is 2.47 bits per heavy atom. The highest BCUT2D eigenvalue weighted by atomic mass is 35.5. The van der Waals surface area contributed by atoms with Gasteiger partial charge in [0.2, 0.25) is 11.7 Å². The maximum absolute atomic E-state index is 12.9. The van der Waals surface area contributed by atoms with Gasteiger partial charge in [0.1, 0.15) is 17.4 Å². The fourth-order valence-electron chi connectivity index (χ4n) is 3.55. The lowest BCUT2D eigenvalue weighted by atomic mass is 10.0. The number of carbonyl (C=O) groups excluding carboxylic acids is 1. The van der Waals surface area contributed by atoms with E-state index in [-0.39, 0.29) is 23.2 Å². The second kappa shape index (κ2) is 10.8. The molecule has 0 saturated heterocycles. The van der Waals surface area contributed by atoms with E-state index in [0.717, 1.165) is 10.1 Å². The molecular formula is C25H23ClN2O6. The smallest absolute Gasteiger partial charge is 0.271 e. The number of Topliss-reactive ketones (excluding diaryl/α,β-unsaturated/α-hetero) is 1. The van der Waals surface area contributed by atoms with Crippen molar-refractivity contribution in [3.63, 3.8) is 0 Å². The van der Waals surface area contributed by atoms with E-state index in [0.29, 0.717) is 28.7 Å². The first-order chi connectivity index (χ1) is 16.3. The van der Waals surface area contributed by atoms with E-state index in [9.17, 15) is 20.0 Å². The van der Waals surface area contributed by atoms with Crippen molar-refractivity contribution in [3.8, 4) is 29.2 Å². The summed E-state index contributed by atoms with van der Waals surface area (Å²) in [6, 6.07) is 13.8. The Morgan fingerprint density at radius 1 is 1.12 bits per heavy atom. The van der Waals surface area contributed by atoms with Crippen molar-refractivity contribution >= 4 is 17.4 Å². The first kappa shape index (κ1) is 24.7. The zero-order valence-electron chi connectivity index (χ0n) is 18.9. The maximum Gasteiger partial charge on any atom is 0.271 e. The Kier molecular flexibility index (Phi) is 7.82. The number of aryl methyl sites for hydroxylation is 1. The lowest BCUT2D eigenvalue weighted by Crippen LogP contribution is -2.28. The molecule has 0 atom stereocenters. The number of ketones is 1. The predicted molar refractivity (Wildman–Crippen MR) is 126 cm³/mol. The van der Waals surface area contributed by atoms with Gasteiger partial charge in [-0.3, -0.25) is 14.2 Å². The van der Waals surface area contributed by atoms with Crippen LogP contribution in [0.5, 0.6) is 23.1 Å². The molecule has 0 aliphatic heterocycles. The number of halogens is 1. The Hall–Kier alpha value is -3.96. The van der Waals surface area contributed by atoms with Crippen LogP contribution < -0.4 is 19.8 Å². The molecule has 0 aliphatic rings. The second-order valence-corrected chi connectivity index (χ2v) is 7.76. The standard InChI is InChI=1S/C25H23ClN2O6/c1-15-17(13-27)24(30)28(11-10-16-8-9-21(32-2)22(12-16)33-3)25(31)23(15)19(29)14-34-20-7-5-4-6-18(20)26/h4-9,12,31H,10-11,14H2,1-3H3. The molecule has 0 amide bonds. The third kappa shape index (κ3) is 5.00. The van der Waals surface area contributed by atoms with Crippen LogP contribution in [0.3, 0.4) is 0 Å². The van der Waals surface area contributed by atoms with Gasteiger partial charge in [-0.25, -0.2) is 0 Å². The van der Waals surface area contributed by atoms with Gasteiger partial charge >= 0.3 is 0 Å². The number of pyridine rings is 1. The number of benzene rings is 2. The van der Waals surface area contributed by atoms with E-state index in [2.05, 4.69) is 0 Å². The van der Waals surface area contributed by atoms with Crippen LogP contribution in [0, 0.1) is 18.3 Å². The number of rotatable bonds is 9. The number of hydrogen-bond donors (Lipinski definition) is 1. The van der Waals surface area contributed by atoms with Gasteiger partial charge in [-0.15, -0.1) is 0 Å². The van der Waals surface area contributed by atoms with E-state index in [4.69, 9.17) is 25.8 Å². The number of carbonyl (C=O) groups is 1. The molecule has 1 N–H and O–H groups in total. The summed E-state index contributed by atoms with van der Waals surface area (Å²) in [4.78, 5) is 25.8. The molecule has 0 unspecified atom stereocenters. The van der Waals surface area contributed by atoms with Crippen LogP contribution in [0.25, 0.3) is 0 Å². The molecule has 176 valence electrons. The molecule has 34 heavy (non-hydrogen) atoms. The lowest BCUT2D eigenvalue weighted by Gasteiger charge is -2.16. The molecular weight excluding hydrogens is 460 g/mol. The quantitative estimate of drug-likeness (QED) is 0.460. The van der Waals surface area contributed by atoms with Crippen molar-refractivity contribution < 1.29 is 24.1 Å². The number of ether oxygens (including phenoxy) is 3. The topological polar surface area (TPSA) is 111 Å². The monoisotopic (exact) mass is 482 g/mol. The predicted octanol–water partition coefficient (Wildman–Crippen LogP) is 3.91. The molecule has 0 fully saturated rings. The summed E-state index contributed by atoms with van der Waals surface area (Å²) in [5.74, 6) is 0.267. The summed E-state index contributed by atoms with van der Waals surface area (Å²) in [5.41, 5.74) is -0.138. The average Bonchev–Trinajstić information content (AvgIpc) is 2.83. The third-order valence-corrected chi connectivity index (χ3v) is 5.66. The molecule has 2 aromatic carbocycles. The van der Waals surface area contributed by atoms with E-state index in [1.165, 1.54) is 21.1 Å². The van der Waals surface area contributed by atoms with Gasteiger partial charge in [0.05, 0.1) is 24.8 Å². The third-order valence-electron chi connectivity index (χ3n) is 5.35. The number of nitriles is 1. The van der Waals surface area contributed by atoms with Gasteiger partial charge < -0.3 is 19.3 Å². The van der Waals surface area contributed by atoms with Crippen LogP contribution in [0.1, 0.15) is 27.0 Å². The number of hydrogen-bond acceptors (Lipinski definition) is 7. The minimum atomic E-state index is -0.679. The second-order valence-electron chi connectivity index (χ2n) is 7.35. The number of para-hydroxylation sites is 1. The largest absolute Gasteiger partial charge is 0.494 e. The van der Waals surface area contributed by atoms with Crippen molar-refractivity contribution in [2.45, 2.75) is 19.9 Å². The molecule has 9 heteroatoms. The van der Waals surface area contributed by atoms with Crippen molar-refractivity contribution in [3.05, 3.63) is 80.1 Å². The summed E-state index contributed by atoms with van der Waals surface area (Å²) in [6.07, 6.45) is 0.325. The van der Waals surface area contributed by atoms with Crippen molar-refractivity contribution in [1.29, 1.82) is 5.26 Å². The minimum absolute atomic E-state index is 0.0285. The fraction of sp³-hybridized carbons (Fsp3) is 0.240. The van der Waals surface area contributed by atoms with Crippen LogP contribution in [0.15, 0.2) is 47.3 Å². The van der Waals surface area contributed by atoms with Gasteiger partial charge in [-0.05, 0) is 48.7 Å². The van der Waals surface area contributed by atoms with Crippen molar-refractivity contribution in [2.24, 2.45) is 0 Å². The van der Waals surface area contributed by atoms with E-state index < -0.39 is 23.8 Å². The summed E-state index contributed by atoms with van der Waals surface area (Å²) in [7, 11) is 3.04. The van der Waals surface area contributed by atoms with E-state index in [1.807, 2.05) is 6.07 Å². The van der Waals surface area contributed by atoms with Crippen LogP contribution in [-0.2, 0) is 13.0 Å². The molecule has 0 saturated carbocycles. The van der Waals surface area contributed by atoms with Gasteiger partial charge in [0, 0.05) is 6.54 Å². The Labute approximate surface area is 201 Å². The van der Waals surface area contributed by atoms with Gasteiger partial charge in [0.25, 0.3) is 5.56 Å². The van der Waals surface area contributed by atoms with E-state index >= 15 is 0 Å². The summed E-state index contributed by atoms with van der Waals surface area (Å²) < 4.78 is 17.0. The molecule has 0 radical (unpaired) electrons. The van der Waals surface area contributed by atoms with Crippen LogP contribution >= 0.6 is 11.6 Å². The molecule has 0 spiro atoms. The Bertz CT molecular complexity index is 1330. The average molecular weight is 483 g/mol. The van der Waals surface area contributed by atoms with Crippen LogP contribution in [0.2, 0.25) is 5.02 Å². The molecule has 3 rings (SSSR count). The number of nitrogens with zero attached hydrogens (tertiary/aromatic N) is 2. The SMILES string of the molecule is COc1ccc(CCn2c(O)c(C(=O)COc3ccccc3Cl)c(C)c(C#N)c2=O)cc1OC. The van der Waals surface area contributed by atoms with Gasteiger partial charge in [-0.2, -0.15) is 5.26 Å². The maximum atomic E-state index is 12.9. The highest BCUT2D eigenvalue weighted by Crippen LogP contribution is 2.29. The first-order valence-electron chi connectivity index (χ1n) is 10.3. The lowest BCUT2D eigenvalue weighted by molar-refractivity contribution is 0.0916. The van der Waals surface area contributed by atoms with Gasteiger partial charge in [-0.1, -0.05) is 29.8 Å². The van der Waals surface area contributed by atoms with E-state index in [1.54, 1.807) is 42.5 Å².